The summed E-state index contributed by atoms with van der Waals surface area (Å²) >= 11 is 0. The van der Waals surface area contributed by atoms with Crippen molar-refractivity contribution in [1.82, 2.24) is 9.80 Å². The third kappa shape index (κ3) is 5.70. The topological polar surface area (TPSA) is 6.48 Å². The Bertz CT molecular complexity index is 287. The Morgan fingerprint density at radius 3 is 2.12 bits per heavy atom. The Morgan fingerprint density at radius 1 is 1.06 bits per heavy atom. The fraction of sp³-hybridized carbons (Fsp3) is 0.538. The van der Waals surface area contributed by atoms with Gasteiger partial charge in [0.05, 0.1) is 0 Å². The van der Waals surface area contributed by atoms with E-state index in [1.165, 1.54) is 38.3 Å². The molecule has 17 heavy (non-hydrogen) atoms. The monoisotopic (exact) mass is 306 g/mol. The minimum Gasteiger partial charge on any atom is -1.00 e. The van der Waals surface area contributed by atoms with E-state index in [4.69, 9.17) is 0 Å². The second-order valence-corrected chi connectivity index (χ2v) is 4.12. The maximum absolute atomic E-state index is 3.06. The first-order chi connectivity index (χ1) is 7.38. The standard InChI is InChI=1S/C13H19N2.BrH.Mg/c1-2-14-8-10-15(11-9-14)12-13-6-4-3-5-7-13;;/h4-7H,2,8-12H2,1H3;1H;/q-1;;+2/p-1. The number of piperazine rings is 1. The van der Waals surface area contributed by atoms with Gasteiger partial charge >= 0.3 is 23.1 Å². The molecule has 1 saturated heterocycles. The van der Waals surface area contributed by atoms with Gasteiger partial charge < -0.3 is 21.9 Å². The molecule has 1 aromatic carbocycles. The van der Waals surface area contributed by atoms with Crippen molar-refractivity contribution in [2.24, 2.45) is 0 Å². The maximum atomic E-state index is 3.06. The predicted molar refractivity (Wildman–Crippen MR) is 68.4 cm³/mol. The van der Waals surface area contributed by atoms with Gasteiger partial charge in [-0.1, -0.05) is 6.92 Å². The van der Waals surface area contributed by atoms with E-state index in [2.05, 4.69) is 34.9 Å². The molecule has 1 aliphatic heterocycles. The molecule has 90 valence electrons. The molecule has 0 atom stereocenters. The quantitative estimate of drug-likeness (QED) is 0.483. The van der Waals surface area contributed by atoms with Crippen LogP contribution in [0.4, 0.5) is 0 Å². The SMILES string of the molecule is CCN1CCN(Cc2cc[c-]cc2)CC1.[Br-].[Mg+2]. The molecule has 0 spiro atoms. The third-order valence-corrected chi connectivity index (χ3v) is 3.11. The minimum absolute atomic E-state index is 0. The molecule has 0 N–H and O–H groups in total. The molecule has 0 saturated carbocycles. The van der Waals surface area contributed by atoms with Crippen LogP contribution in [0.5, 0.6) is 0 Å². The maximum Gasteiger partial charge on any atom is 2.00 e. The molecule has 0 radical (unpaired) electrons. The van der Waals surface area contributed by atoms with Crippen molar-refractivity contribution < 1.29 is 17.0 Å². The number of hydrogen-bond acceptors (Lipinski definition) is 2. The van der Waals surface area contributed by atoms with Crippen molar-refractivity contribution in [2.45, 2.75) is 13.5 Å². The van der Waals surface area contributed by atoms with Crippen molar-refractivity contribution in [3.05, 3.63) is 35.9 Å². The van der Waals surface area contributed by atoms with Gasteiger partial charge in [0, 0.05) is 32.7 Å². The number of nitrogens with zero attached hydrogens (tertiary/aromatic N) is 2. The summed E-state index contributed by atoms with van der Waals surface area (Å²) in [7, 11) is 0. The van der Waals surface area contributed by atoms with Crippen LogP contribution in [-0.4, -0.2) is 65.6 Å². The van der Waals surface area contributed by atoms with E-state index in [9.17, 15) is 0 Å². The van der Waals surface area contributed by atoms with E-state index < -0.39 is 0 Å². The first-order valence-electron chi connectivity index (χ1n) is 5.78. The van der Waals surface area contributed by atoms with Crippen LogP contribution >= 0.6 is 0 Å². The van der Waals surface area contributed by atoms with E-state index in [0.29, 0.717) is 0 Å². The molecule has 2 nitrogen and oxygen atoms in total. The number of likely N-dealkylation sites (N-methyl/N-ethyl adjacent to an activating group) is 1. The Hall–Kier alpha value is 0.386. The van der Waals surface area contributed by atoms with Gasteiger partial charge in [0.2, 0.25) is 0 Å². The van der Waals surface area contributed by atoms with E-state index in [1.54, 1.807) is 0 Å². The largest absolute Gasteiger partial charge is 2.00 e. The summed E-state index contributed by atoms with van der Waals surface area (Å²) in [6.07, 6.45) is 0. The van der Waals surface area contributed by atoms with Crippen LogP contribution in [0.15, 0.2) is 24.3 Å². The number of benzene rings is 1. The number of rotatable bonds is 3. The van der Waals surface area contributed by atoms with Crippen LogP contribution in [-0.2, 0) is 6.54 Å². The zero-order valence-corrected chi connectivity index (χ0v) is 13.5. The average molecular weight is 308 g/mol. The second kappa shape index (κ2) is 9.33. The molecule has 1 fully saturated rings. The van der Waals surface area contributed by atoms with Gasteiger partial charge in [-0.15, -0.1) is 5.56 Å². The molecule has 0 unspecified atom stereocenters. The Labute approximate surface area is 131 Å². The summed E-state index contributed by atoms with van der Waals surface area (Å²) < 4.78 is 0. The molecule has 4 heteroatoms. The summed E-state index contributed by atoms with van der Waals surface area (Å²) in [4.78, 5) is 5.04. The van der Waals surface area contributed by atoms with Gasteiger partial charge in [0.25, 0.3) is 0 Å². The first kappa shape index (κ1) is 17.4. The number of hydrogen-bond donors (Lipinski definition) is 0. The third-order valence-electron chi connectivity index (χ3n) is 3.11. The Balaban J connectivity index is 0.00000128. The Kier molecular flexibility index (Phi) is 9.55. The average Bonchev–Trinajstić information content (AvgIpc) is 2.31. The summed E-state index contributed by atoms with van der Waals surface area (Å²) in [6.45, 7) is 9.35. The second-order valence-electron chi connectivity index (χ2n) is 4.12. The van der Waals surface area contributed by atoms with Crippen molar-refractivity contribution in [1.29, 1.82) is 0 Å². The molecule has 2 rings (SSSR count). The van der Waals surface area contributed by atoms with Gasteiger partial charge in [-0.2, -0.15) is 30.3 Å². The smallest absolute Gasteiger partial charge is 1.00 e. The molecular weight excluding hydrogens is 288 g/mol. The number of halogens is 1. The molecule has 0 bridgehead atoms. The van der Waals surface area contributed by atoms with Crippen molar-refractivity contribution in [3.63, 3.8) is 0 Å². The first-order valence-corrected chi connectivity index (χ1v) is 5.78. The van der Waals surface area contributed by atoms with E-state index in [0.717, 1.165) is 6.54 Å². The van der Waals surface area contributed by atoms with Crippen LogP contribution in [0.2, 0.25) is 0 Å². The predicted octanol–water partition coefficient (Wildman–Crippen LogP) is -1.75. The van der Waals surface area contributed by atoms with E-state index in [-0.39, 0.29) is 40.0 Å². The van der Waals surface area contributed by atoms with Crippen LogP contribution < -0.4 is 17.0 Å². The fourth-order valence-corrected chi connectivity index (χ4v) is 2.05. The van der Waals surface area contributed by atoms with Gasteiger partial charge in [-0.25, -0.2) is 0 Å². The molecule has 1 heterocycles. The molecule has 1 aromatic rings. The van der Waals surface area contributed by atoms with Crippen LogP contribution in [0.25, 0.3) is 0 Å². The molecular formula is C13H19BrMgN2. The zero-order chi connectivity index (χ0) is 10.5. The minimum atomic E-state index is 0. The van der Waals surface area contributed by atoms with E-state index in [1.807, 2.05) is 12.1 Å². The normalized spacial score (nSPS) is 17.0. The van der Waals surface area contributed by atoms with Crippen LogP contribution in [0.1, 0.15) is 12.5 Å². The molecule has 0 aliphatic carbocycles. The van der Waals surface area contributed by atoms with Crippen LogP contribution in [0.3, 0.4) is 0 Å². The molecule has 0 amide bonds. The van der Waals surface area contributed by atoms with Crippen molar-refractivity contribution in [2.75, 3.05) is 32.7 Å². The van der Waals surface area contributed by atoms with Crippen molar-refractivity contribution in [3.8, 4) is 0 Å². The van der Waals surface area contributed by atoms with Gasteiger partial charge in [-0.3, -0.25) is 4.90 Å². The van der Waals surface area contributed by atoms with Crippen LogP contribution in [0, 0.1) is 6.07 Å². The summed E-state index contributed by atoms with van der Waals surface area (Å²) in [5, 5.41) is 0. The van der Waals surface area contributed by atoms with Crippen molar-refractivity contribution >= 4 is 23.1 Å². The van der Waals surface area contributed by atoms with Gasteiger partial charge in [-0.05, 0) is 6.54 Å². The van der Waals surface area contributed by atoms with Gasteiger partial charge in [0.15, 0.2) is 0 Å². The van der Waals surface area contributed by atoms with Gasteiger partial charge in [0.1, 0.15) is 0 Å². The summed E-state index contributed by atoms with van der Waals surface area (Å²) in [6, 6.07) is 11.4. The summed E-state index contributed by atoms with van der Waals surface area (Å²) in [5.74, 6) is 0. The molecule has 0 aromatic heterocycles. The Morgan fingerprint density at radius 2 is 1.59 bits per heavy atom. The summed E-state index contributed by atoms with van der Waals surface area (Å²) in [5.41, 5.74) is 1.40. The fourth-order valence-electron chi connectivity index (χ4n) is 2.05. The zero-order valence-electron chi connectivity index (χ0n) is 10.5. The molecule has 1 aliphatic rings. The van der Waals surface area contributed by atoms with E-state index >= 15 is 0 Å².